The predicted octanol–water partition coefficient (Wildman–Crippen LogP) is 1.13. The first-order chi connectivity index (χ1) is 13.7. The number of nitrogens with two attached hydrogens (primary N) is 1. The highest BCUT2D eigenvalue weighted by atomic mass is 16.3. The lowest BCUT2D eigenvalue weighted by molar-refractivity contribution is -0.128. The molecule has 0 saturated heterocycles. The molecule has 1 atom stereocenters. The first kappa shape index (κ1) is 21.5. The summed E-state index contributed by atoms with van der Waals surface area (Å²) in [6.07, 6.45) is 3.16. The molecule has 10 nitrogen and oxygen atoms in total. The van der Waals surface area contributed by atoms with Gasteiger partial charge in [-0.3, -0.25) is 24.3 Å². The maximum absolute atomic E-state index is 12.3. The van der Waals surface area contributed by atoms with Crippen LogP contribution in [0.1, 0.15) is 35.1 Å². The molecule has 152 valence electrons. The Hall–Kier alpha value is -3.82. The number of hydrogen-bond donors (Lipinski definition) is 3. The molecule has 10 heteroatoms. The zero-order valence-corrected chi connectivity index (χ0v) is 16.3. The predicted molar refractivity (Wildman–Crippen MR) is 106 cm³/mol. The van der Waals surface area contributed by atoms with Crippen LogP contribution in [0.15, 0.2) is 41.7 Å². The average molecular weight is 398 g/mol. The smallest absolute Gasteiger partial charge is 0.290 e. The molecular formula is C19H22N6O4. The van der Waals surface area contributed by atoms with Crippen LogP contribution in [-0.2, 0) is 15.1 Å². The number of rotatable bonds is 3. The van der Waals surface area contributed by atoms with Crippen LogP contribution in [0.4, 0.5) is 5.69 Å². The van der Waals surface area contributed by atoms with E-state index < -0.39 is 5.54 Å². The second kappa shape index (κ2) is 8.91. The van der Waals surface area contributed by atoms with Gasteiger partial charge in [0.05, 0.1) is 23.9 Å². The fourth-order valence-electron chi connectivity index (χ4n) is 2.71. The Balaban J connectivity index is 0.000000941. The van der Waals surface area contributed by atoms with Gasteiger partial charge in [-0.2, -0.15) is 0 Å². The Kier molecular flexibility index (Phi) is 6.60. The zero-order valence-electron chi connectivity index (χ0n) is 16.3. The van der Waals surface area contributed by atoms with Gasteiger partial charge in [0.25, 0.3) is 12.4 Å². The molecular weight excluding hydrogens is 376 g/mol. The van der Waals surface area contributed by atoms with Crippen LogP contribution in [0.3, 0.4) is 0 Å². The number of benzene rings is 1. The molecule has 2 aromatic rings. The Labute approximate surface area is 167 Å². The number of carbonyl (C=O) groups excluding carboxylic acids is 2. The third kappa shape index (κ3) is 5.12. The van der Waals surface area contributed by atoms with Gasteiger partial charge in [0.15, 0.2) is 5.96 Å². The summed E-state index contributed by atoms with van der Waals surface area (Å²) in [6.45, 7) is 3.39. The number of amides is 2. The van der Waals surface area contributed by atoms with Crippen LogP contribution in [0.2, 0.25) is 0 Å². The van der Waals surface area contributed by atoms with Gasteiger partial charge < -0.3 is 16.2 Å². The van der Waals surface area contributed by atoms with E-state index in [2.05, 4.69) is 20.3 Å². The highest BCUT2D eigenvalue weighted by Crippen LogP contribution is 2.34. The lowest BCUT2D eigenvalue weighted by atomic mass is 9.87. The molecule has 3 rings (SSSR count). The summed E-state index contributed by atoms with van der Waals surface area (Å²) in [5.41, 5.74) is 7.41. The van der Waals surface area contributed by atoms with Crippen molar-refractivity contribution < 1.29 is 19.5 Å². The van der Waals surface area contributed by atoms with Gasteiger partial charge in [0.1, 0.15) is 5.69 Å². The van der Waals surface area contributed by atoms with Gasteiger partial charge in [0.2, 0.25) is 5.91 Å². The van der Waals surface area contributed by atoms with E-state index in [4.69, 9.17) is 15.6 Å². The van der Waals surface area contributed by atoms with Crippen molar-refractivity contribution in [2.45, 2.75) is 25.8 Å². The number of nitrogens with zero attached hydrogens (tertiary/aromatic N) is 4. The van der Waals surface area contributed by atoms with Crippen LogP contribution in [0.25, 0.3) is 0 Å². The monoisotopic (exact) mass is 398 g/mol. The van der Waals surface area contributed by atoms with Crippen LogP contribution in [0, 0.1) is 6.92 Å². The summed E-state index contributed by atoms with van der Waals surface area (Å²) >= 11 is 0. The molecule has 1 aliphatic heterocycles. The van der Waals surface area contributed by atoms with Crippen molar-refractivity contribution in [2.24, 2.45) is 10.7 Å². The summed E-state index contributed by atoms with van der Waals surface area (Å²) in [6, 6.07) is 7.20. The third-order valence-electron chi connectivity index (χ3n) is 4.33. The molecule has 2 amide bonds. The van der Waals surface area contributed by atoms with Gasteiger partial charge in [-0.1, -0.05) is 12.1 Å². The number of anilines is 1. The number of aromatic nitrogens is 2. The largest absolute Gasteiger partial charge is 0.483 e. The van der Waals surface area contributed by atoms with Crippen molar-refractivity contribution in [1.82, 2.24) is 14.9 Å². The highest BCUT2D eigenvalue weighted by molar-refractivity contribution is 6.02. The van der Waals surface area contributed by atoms with E-state index in [9.17, 15) is 9.59 Å². The topological polar surface area (TPSA) is 151 Å². The first-order valence-corrected chi connectivity index (χ1v) is 8.60. The summed E-state index contributed by atoms with van der Waals surface area (Å²) in [7, 11) is 1.60. The van der Waals surface area contributed by atoms with E-state index in [0.717, 1.165) is 11.3 Å². The van der Waals surface area contributed by atoms with Crippen molar-refractivity contribution in [2.75, 3.05) is 12.4 Å². The lowest BCUT2D eigenvalue weighted by Gasteiger charge is -2.33. The minimum absolute atomic E-state index is 0.107. The molecule has 1 aromatic heterocycles. The Morgan fingerprint density at radius 3 is 2.62 bits per heavy atom. The lowest BCUT2D eigenvalue weighted by Crippen LogP contribution is -2.47. The van der Waals surface area contributed by atoms with Crippen LogP contribution in [-0.4, -0.2) is 51.3 Å². The number of aryl methyl sites for hydroxylation is 1. The summed E-state index contributed by atoms with van der Waals surface area (Å²) in [5, 5.41) is 9.68. The van der Waals surface area contributed by atoms with E-state index in [1.807, 2.05) is 13.0 Å². The average Bonchev–Trinajstić information content (AvgIpc) is 2.67. The van der Waals surface area contributed by atoms with Crippen LogP contribution in [0.5, 0.6) is 0 Å². The van der Waals surface area contributed by atoms with Gasteiger partial charge in [-0.25, -0.2) is 9.98 Å². The number of guanidine groups is 1. The number of carboxylic acid groups (broad SMARTS) is 1. The van der Waals surface area contributed by atoms with Gasteiger partial charge in [0, 0.05) is 18.9 Å². The molecule has 0 unspecified atom stereocenters. The van der Waals surface area contributed by atoms with Crippen molar-refractivity contribution in [3.05, 3.63) is 53.6 Å². The molecule has 4 N–H and O–H groups in total. The molecule has 0 spiro atoms. The van der Waals surface area contributed by atoms with Crippen molar-refractivity contribution >= 4 is 29.9 Å². The van der Waals surface area contributed by atoms with Crippen molar-refractivity contribution in [1.29, 1.82) is 0 Å². The number of carbonyl (C=O) groups is 3. The SMILES string of the molecule is Cc1cnc(C(=O)Nc2cccc([C@]3(C)CC(=O)N(C)C(N)=N3)c2)cn1.O=CO. The minimum atomic E-state index is -0.780. The fourth-order valence-corrected chi connectivity index (χ4v) is 2.71. The van der Waals surface area contributed by atoms with Gasteiger partial charge in [-0.15, -0.1) is 0 Å². The quantitative estimate of drug-likeness (QED) is 0.656. The maximum Gasteiger partial charge on any atom is 0.290 e. The normalized spacial score (nSPS) is 18.2. The number of aliphatic imine (C=N–C) groups is 1. The third-order valence-corrected chi connectivity index (χ3v) is 4.33. The molecule has 0 saturated carbocycles. The van der Waals surface area contributed by atoms with Crippen molar-refractivity contribution in [3.8, 4) is 0 Å². The summed E-state index contributed by atoms with van der Waals surface area (Å²) < 4.78 is 0. The fraction of sp³-hybridized carbons (Fsp3) is 0.263. The molecule has 1 aromatic carbocycles. The molecule has 29 heavy (non-hydrogen) atoms. The Morgan fingerprint density at radius 2 is 2.03 bits per heavy atom. The molecule has 2 heterocycles. The van der Waals surface area contributed by atoms with Gasteiger partial charge in [-0.05, 0) is 31.5 Å². The second-order valence-electron chi connectivity index (χ2n) is 6.56. The standard InChI is InChI=1S/C18H20N6O2.CH2O2/c1-11-9-21-14(10-20-11)16(26)22-13-6-4-5-12(7-13)18(2)8-15(25)24(3)17(19)23-18;2-1-3/h4-7,9-10H,8H2,1-3H3,(H2,19,23)(H,22,26);1H,(H,2,3)/t18-;/m0./s1. The number of hydrogen-bond acceptors (Lipinski definition) is 7. The summed E-state index contributed by atoms with van der Waals surface area (Å²) in [5.74, 6) is -0.292. The number of nitrogens with one attached hydrogen (secondary N) is 1. The molecule has 0 radical (unpaired) electrons. The van der Waals surface area contributed by atoms with E-state index in [1.165, 1.54) is 17.3 Å². The second-order valence-corrected chi connectivity index (χ2v) is 6.56. The van der Waals surface area contributed by atoms with E-state index in [-0.39, 0.29) is 36.4 Å². The van der Waals surface area contributed by atoms with E-state index >= 15 is 0 Å². The molecule has 0 aliphatic carbocycles. The molecule has 0 fully saturated rings. The van der Waals surface area contributed by atoms with Crippen LogP contribution < -0.4 is 11.1 Å². The zero-order chi connectivity index (χ0) is 21.6. The van der Waals surface area contributed by atoms with Crippen LogP contribution >= 0.6 is 0 Å². The summed E-state index contributed by atoms with van der Waals surface area (Å²) in [4.78, 5) is 46.8. The Morgan fingerprint density at radius 1 is 1.34 bits per heavy atom. The Bertz CT molecular complexity index is 944. The maximum atomic E-state index is 12.3. The van der Waals surface area contributed by atoms with Gasteiger partial charge >= 0.3 is 0 Å². The first-order valence-electron chi connectivity index (χ1n) is 8.60. The highest BCUT2D eigenvalue weighted by Gasteiger charge is 2.36. The van der Waals surface area contributed by atoms with Crippen molar-refractivity contribution in [3.63, 3.8) is 0 Å². The van der Waals surface area contributed by atoms with E-state index in [0.29, 0.717) is 5.69 Å². The van der Waals surface area contributed by atoms with E-state index in [1.54, 1.807) is 32.2 Å². The molecule has 0 bridgehead atoms. The molecule has 1 aliphatic rings. The minimum Gasteiger partial charge on any atom is -0.483 e.